The molecular formula is C13H12O2Zn. The van der Waals surface area contributed by atoms with Crippen molar-refractivity contribution in [3.05, 3.63) is 48.0 Å². The predicted molar refractivity (Wildman–Crippen MR) is 60.0 cm³/mol. The van der Waals surface area contributed by atoms with Gasteiger partial charge in [0.05, 0.1) is 5.92 Å². The van der Waals surface area contributed by atoms with E-state index in [9.17, 15) is 4.79 Å². The zero-order chi connectivity index (χ0) is 10.8. The quantitative estimate of drug-likeness (QED) is 0.848. The third-order valence-corrected chi connectivity index (χ3v) is 2.66. The fourth-order valence-electron chi connectivity index (χ4n) is 1.76. The summed E-state index contributed by atoms with van der Waals surface area (Å²) in [6.07, 6.45) is 0. The maximum atomic E-state index is 10.9. The minimum Gasteiger partial charge on any atom is -0.481 e. The number of hydrogen-bond donors (Lipinski definition) is 1. The molecule has 0 fully saturated rings. The van der Waals surface area contributed by atoms with Crippen LogP contribution < -0.4 is 0 Å². The zero-order valence-corrected chi connectivity index (χ0v) is 12.1. The van der Waals surface area contributed by atoms with E-state index in [1.807, 2.05) is 42.5 Å². The van der Waals surface area contributed by atoms with Gasteiger partial charge >= 0.3 is 5.97 Å². The van der Waals surface area contributed by atoms with Crippen LogP contribution in [-0.4, -0.2) is 11.1 Å². The van der Waals surface area contributed by atoms with Crippen LogP contribution in [0.15, 0.2) is 42.5 Å². The second-order valence-corrected chi connectivity index (χ2v) is 3.63. The van der Waals surface area contributed by atoms with Gasteiger partial charge in [-0.3, -0.25) is 4.79 Å². The van der Waals surface area contributed by atoms with Crippen LogP contribution in [0.3, 0.4) is 0 Å². The molecule has 0 aliphatic carbocycles. The fraction of sp³-hybridized carbons (Fsp3) is 0.154. The van der Waals surface area contributed by atoms with Gasteiger partial charge in [0.1, 0.15) is 0 Å². The van der Waals surface area contributed by atoms with E-state index in [2.05, 4.69) is 0 Å². The van der Waals surface area contributed by atoms with Gasteiger partial charge in [-0.15, -0.1) is 0 Å². The first-order valence-electron chi connectivity index (χ1n) is 4.90. The summed E-state index contributed by atoms with van der Waals surface area (Å²) in [7, 11) is 0. The summed E-state index contributed by atoms with van der Waals surface area (Å²) in [5.41, 5.74) is 0.876. The number of carboxylic acid groups (broad SMARTS) is 1. The molecular weight excluding hydrogens is 254 g/mol. The van der Waals surface area contributed by atoms with Crippen LogP contribution in [0, 0.1) is 0 Å². The molecule has 2 aromatic carbocycles. The summed E-state index contributed by atoms with van der Waals surface area (Å²) >= 11 is 0. The zero-order valence-electron chi connectivity index (χ0n) is 9.18. The summed E-state index contributed by atoms with van der Waals surface area (Å²) in [6, 6.07) is 13.6. The van der Waals surface area contributed by atoms with E-state index in [0.717, 1.165) is 16.3 Å². The van der Waals surface area contributed by atoms with Crippen molar-refractivity contribution in [2.24, 2.45) is 0 Å². The molecule has 1 unspecified atom stereocenters. The van der Waals surface area contributed by atoms with Crippen molar-refractivity contribution in [1.29, 1.82) is 0 Å². The summed E-state index contributed by atoms with van der Waals surface area (Å²) in [6.45, 7) is 1.71. The Labute approximate surface area is 107 Å². The van der Waals surface area contributed by atoms with Gasteiger partial charge in [0.15, 0.2) is 0 Å². The fourth-order valence-corrected chi connectivity index (χ4v) is 1.76. The predicted octanol–water partition coefficient (Wildman–Crippen LogP) is 3.03. The summed E-state index contributed by atoms with van der Waals surface area (Å²) in [4.78, 5) is 10.9. The SMILES string of the molecule is CC(C(=O)O)c1cccc2ccccc12.[Zn]. The molecule has 0 radical (unpaired) electrons. The molecule has 0 spiro atoms. The van der Waals surface area contributed by atoms with Crippen LogP contribution in [0.5, 0.6) is 0 Å². The number of carbonyl (C=O) groups is 1. The van der Waals surface area contributed by atoms with Crippen molar-refractivity contribution < 1.29 is 29.4 Å². The van der Waals surface area contributed by atoms with Gasteiger partial charge < -0.3 is 5.11 Å². The minimum atomic E-state index is -0.786. The second-order valence-electron chi connectivity index (χ2n) is 3.63. The molecule has 0 saturated heterocycles. The summed E-state index contributed by atoms with van der Waals surface area (Å²) in [5, 5.41) is 11.1. The van der Waals surface area contributed by atoms with E-state index in [4.69, 9.17) is 5.11 Å². The topological polar surface area (TPSA) is 37.3 Å². The maximum absolute atomic E-state index is 10.9. The second kappa shape index (κ2) is 5.22. The molecule has 2 rings (SSSR count). The van der Waals surface area contributed by atoms with Gasteiger partial charge in [0.25, 0.3) is 0 Å². The first kappa shape index (κ1) is 12.9. The third kappa shape index (κ3) is 2.30. The minimum absolute atomic E-state index is 0. The van der Waals surface area contributed by atoms with Gasteiger partial charge in [-0.05, 0) is 23.3 Å². The summed E-state index contributed by atoms with van der Waals surface area (Å²) in [5.74, 6) is -1.25. The van der Waals surface area contributed by atoms with Crippen molar-refractivity contribution in [2.75, 3.05) is 0 Å². The Morgan fingerprint density at radius 2 is 1.75 bits per heavy atom. The molecule has 0 bridgehead atoms. The molecule has 0 saturated carbocycles. The van der Waals surface area contributed by atoms with Crippen LogP contribution in [0.4, 0.5) is 0 Å². The average molecular weight is 266 g/mol. The largest absolute Gasteiger partial charge is 0.481 e. The Hall–Kier alpha value is -1.21. The number of hydrogen-bond acceptors (Lipinski definition) is 1. The molecule has 16 heavy (non-hydrogen) atoms. The Kier molecular flexibility index (Phi) is 4.20. The van der Waals surface area contributed by atoms with Gasteiger partial charge in [0.2, 0.25) is 0 Å². The molecule has 78 valence electrons. The number of benzene rings is 2. The summed E-state index contributed by atoms with van der Waals surface area (Å²) < 4.78 is 0. The van der Waals surface area contributed by atoms with E-state index >= 15 is 0 Å². The van der Waals surface area contributed by atoms with Crippen molar-refractivity contribution in [3.63, 3.8) is 0 Å². The molecule has 0 aliphatic heterocycles. The van der Waals surface area contributed by atoms with Crippen LogP contribution in [0.2, 0.25) is 0 Å². The van der Waals surface area contributed by atoms with E-state index in [1.54, 1.807) is 6.92 Å². The number of fused-ring (bicyclic) bond motifs is 1. The van der Waals surface area contributed by atoms with E-state index in [0.29, 0.717) is 0 Å². The van der Waals surface area contributed by atoms with Crippen molar-refractivity contribution in [3.8, 4) is 0 Å². The van der Waals surface area contributed by atoms with Crippen LogP contribution >= 0.6 is 0 Å². The van der Waals surface area contributed by atoms with E-state index in [-0.39, 0.29) is 19.5 Å². The van der Waals surface area contributed by atoms with Crippen LogP contribution in [0.25, 0.3) is 10.8 Å². The molecule has 2 aromatic rings. The molecule has 3 heteroatoms. The third-order valence-electron chi connectivity index (χ3n) is 2.66. The number of rotatable bonds is 2. The molecule has 0 aliphatic rings. The van der Waals surface area contributed by atoms with Crippen LogP contribution in [-0.2, 0) is 24.3 Å². The Morgan fingerprint density at radius 1 is 1.12 bits per heavy atom. The normalized spacial score (nSPS) is 11.8. The standard InChI is InChI=1S/C13H12O2.Zn/c1-9(13(14)15)11-8-4-6-10-5-2-3-7-12(10)11;/h2-9H,1H3,(H,14,15);. The van der Waals surface area contributed by atoms with Gasteiger partial charge in [0, 0.05) is 19.5 Å². The van der Waals surface area contributed by atoms with Crippen molar-refractivity contribution in [2.45, 2.75) is 12.8 Å². The molecule has 0 aromatic heterocycles. The van der Waals surface area contributed by atoms with Gasteiger partial charge in [-0.2, -0.15) is 0 Å². The first-order valence-corrected chi connectivity index (χ1v) is 4.90. The van der Waals surface area contributed by atoms with Gasteiger partial charge in [-0.25, -0.2) is 0 Å². The molecule has 1 atom stereocenters. The maximum Gasteiger partial charge on any atom is 0.310 e. The average Bonchev–Trinajstić information content (AvgIpc) is 2.27. The molecule has 2 nitrogen and oxygen atoms in total. The van der Waals surface area contributed by atoms with Crippen molar-refractivity contribution in [1.82, 2.24) is 0 Å². The monoisotopic (exact) mass is 264 g/mol. The number of aliphatic carboxylic acids is 1. The van der Waals surface area contributed by atoms with E-state index < -0.39 is 11.9 Å². The molecule has 1 N–H and O–H groups in total. The smallest absolute Gasteiger partial charge is 0.310 e. The van der Waals surface area contributed by atoms with Crippen LogP contribution in [0.1, 0.15) is 18.4 Å². The Bertz CT molecular complexity index is 503. The van der Waals surface area contributed by atoms with E-state index in [1.165, 1.54) is 0 Å². The van der Waals surface area contributed by atoms with Crippen molar-refractivity contribution >= 4 is 16.7 Å². The molecule has 0 amide bonds. The number of carboxylic acids is 1. The first-order chi connectivity index (χ1) is 7.20. The van der Waals surface area contributed by atoms with Gasteiger partial charge in [-0.1, -0.05) is 42.5 Å². The molecule has 0 heterocycles. The Morgan fingerprint density at radius 3 is 2.44 bits per heavy atom. The Balaban J connectivity index is 0.00000128.